The van der Waals surface area contributed by atoms with Crippen LogP contribution in [0.2, 0.25) is 0 Å². The first-order valence-corrected chi connectivity index (χ1v) is 6.84. The Bertz CT molecular complexity index is 617. The summed E-state index contributed by atoms with van der Waals surface area (Å²) >= 11 is 0. The van der Waals surface area contributed by atoms with E-state index < -0.39 is 0 Å². The number of hydrazine groups is 1. The molecule has 0 amide bonds. The number of methoxy groups -OCH3 is 1. The third kappa shape index (κ3) is 3.41. The molecule has 3 N–H and O–H groups in total. The normalized spacial score (nSPS) is 10.3. The first-order valence-electron chi connectivity index (χ1n) is 6.84. The van der Waals surface area contributed by atoms with E-state index in [1.807, 2.05) is 31.2 Å². The fraction of sp³-hybridized carbons (Fsp3) is 0.333. The highest BCUT2D eigenvalue weighted by Gasteiger charge is 2.14. The van der Waals surface area contributed by atoms with Crippen LogP contribution in [0, 0.1) is 6.92 Å². The van der Waals surface area contributed by atoms with Crippen molar-refractivity contribution in [1.82, 2.24) is 9.97 Å². The summed E-state index contributed by atoms with van der Waals surface area (Å²) in [5, 5.41) is 0. The Morgan fingerprint density at radius 3 is 2.52 bits per heavy atom. The second-order valence-electron chi connectivity index (χ2n) is 4.57. The van der Waals surface area contributed by atoms with E-state index in [-0.39, 0.29) is 0 Å². The summed E-state index contributed by atoms with van der Waals surface area (Å²) in [5.41, 5.74) is 3.34. The molecule has 1 aromatic heterocycles. The molecular formula is C15H20N4O2. The minimum Gasteiger partial charge on any atom is -0.493 e. The number of para-hydroxylation sites is 2. The van der Waals surface area contributed by atoms with E-state index in [4.69, 9.17) is 15.3 Å². The predicted molar refractivity (Wildman–Crippen MR) is 81.6 cm³/mol. The van der Waals surface area contributed by atoms with Crippen LogP contribution in [-0.4, -0.2) is 17.1 Å². The minimum atomic E-state index is 0.478. The topological polar surface area (TPSA) is 82.3 Å². The summed E-state index contributed by atoms with van der Waals surface area (Å²) in [6.07, 6.45) is 1.71. The Labute approximate surface area is 124 Å². The zero-order valence-corrected chi connectivity index (χ0v) is 12.5. The van der Waals surface area contributed by atoms with Gasteiger partial charge < -0.3 is 14.9 Å². The second-order valence-corrected chi connectivity index (χ2v) is 4.57. The van der Waals surface area contributed by atoms with E-state index in [9.17, 15) is 0 Å². The van der Waals surface area contributed by atoms with Crippen molar-refractivity contribution in [2.24, 2.45) is 5.84 Å². The van der Waals surface area contributed by atoms with Crippen LogP contribution in [-0.2, 0) is 6.42 Å². The van der Waals surface area contributed by atoms with Crippen molar-refractivity contribution in [2.45, 2.75) is 26.7 Å². The molecule has 6 nitrogen and oxygen atoms in total. The van der Waals surface area contributed by atoms with Gasteiger partial charge in [-0.05, 0) is 25.5 Å². The first kappa shape index (κ1) is 15.1. The lowest BCUT2D eigenvalue weighted by Crippen LogP contribution is -2.13. The van der Waals surface area contributed by atoms with Crippen LogP contribution in [0.3, 0.4) is 0 Å². The van der Waals surface area contributed by atoms with Gasteiger partial charge in [0.1, 0.15) is 11.6 Å². The van der Waals surface area contributed by atoms with Crippen molar-refractivity contribution >= 4 is 5.82 Å². The van der Waals surface area contributed by atoms with Crippen LogP contribution in [0.5, 0.6) is 17.4 Å². The number of nitrogens with zero attached hydrogens (tertiary/aromatic N) is 2. The average molecular weight is 288 g/mol. The predicted octanol–water partition coefficient (Wildman–Crippen LogP) is 2.82. The lowest BCUT2D eigenvalue weighted by molar-refractivity contribution is 0.372. The van der Waals surface area contributed by atoms with E-state index >= 15 is 0 Å². The molecule has 0 aliphatic carbocycles. The Balaban J connectivity index is 2.40. The molecule has 0 unspecified atom stereocenters. The number of hydrogen-bond acceptors (Lipinski definition) is 6. The van der Waals surface area contributed by atoms with Crippen LogP contribution < -0.4 is 20.7 Å². The third-order valence-electron chi connectivity index (χ3n) is 3.03. The maximum atomic E-state index is 5.89. The van der Waals surface area contributed by atoms with Crippen molar-refractivity contribution in [3.8, 4) is 17.4 Å². The van der Waals surface area contributed by atoms with Gasteiger partial charge in [-0.25, -0.2) is 10.8 Å². The molecule has 0 saturated carbocycles. The van der Waals surface area contributed by atoms with Gasteiger partial charge in [-0.1, -0.05) is 19.1 Å². The van der Waals surface area contributed by atoms with Gasteiger partial charge in [-0.2, -0.15) is 4.98 Å². The summed E-state index contributed by atoms with van der Waals surface area (Å²) < 4.78 is 11.2. The molecule has 0 aliphatic heterocycles. The van der Waals surface area contributed by atoms with Gasteiger partial charge in [0.25, 0.3) is 0 Å². The molecular weight excluding hydrogens is 268 g/mol. The molecule has 0 atom stereocenters. The SMILES string of the molecule is CCCc1nc(NN)c(C)c(Oc2ccccc2OC)n1. The van der Waals surface area contributed by atoms with E-state index in [0.29, 0.717) is 29.0 Å². The van der Waals surface area contributed by atoms with E-state index in [1.54, 1.807) is 7.11 Å². The molecule has 6 heteroatoms. The highest BCUT2D eigenvalue weighted by atomic mass is 16.5. The van der Waals surface area contributed by atoms with Gasteiger partial charge >= 0.3 is 0 Å². The number of rotatable bonds is 6. The maximum absolute atomic E-state index is 5.89. The highest BCUT2D eigenvalue weighted by molar-refractivity contribution is 5.50. The summed E-state index contributed by atoms with van der Waals surface area (Å²) in [6, 6.07) is 7.42. The number of nitrogen functional groups attached to an aromatic ring is 1. The lowest BCUT2D eigenvalue weighted by atomic mass is 10.2. The summed E-state index contributed by atoms with van der Waals surface area (Å²) in [4.78, 5) is 8.82. The van der Waals surface area contributed by atoms with Gasteiger partial charge in [-0.15, -0.1) is 0 Å². The number of ether oxygens (including phenoxy) is 2. The molecule has 21 heavy (non-hydrogen) atoms. The molecule has 0 bridgehead atoms. The van der Waals surface area contributed by atoms with Crippen molar-refractivity contribution in [1.29, 1.82) is 0 Å². The number of aromatic nitrogens is 2. The van der Waals surface area contributed by atoms with Crippen molar-refractivity contribution in [3.05, 3.63) is 35.7 Å². The molecule has 0 fully saturated rings. The molecule has 0 saturated heterocycles. The Kier molecular flexibility index (Phi) is 4.94. The smallest absolute Gasteiger partial charge is 0.227 e. The van der Waals surface area contributed by atoms with Crippen molar-refractivity contribution in [3.63, 3.8) is 0 Å². The van der Waals surface area contributed by atoms with Gasteiger partial charge in [-0.3, -0.25) is 0 Å². The van der Waals surface area contributed by atoms with E-state index in [2.05, 4.69) is 22.3 Å². The standard InChI is InChI=1S/C15H20N4O2/c1-4-7-13-17-14(19-16)10(2)15(18-13)21-12-9-6-5-8-11(12)20-3/h5-6,8-9H,4,7,16H2,1-3H3,(H,17,18,19). The molecule has 1 aromatic carbocycles. The molecule has 2 aromatic rings. The fourth-order valence-electron chi connectivity index (χ4n) is 1.92. The summed E-state index contributed by atoms with van der Waals surface area (Å²) in [7, 11) is 1.60. The van der Waals surface area contributed by atoms with E-state index in [1.165, 1.54) is 0 Å². The monoisotopic (exact) mass is 288 g/mol. The Hall–Kier alpha value is -2.34. The number of aryl methyl sites for hydroxylation is 1. The molecule has 112 valence electrons. The quantitative estimate of drug-likeness (QED) is 0.628. The zero-order chi connectivity index (χ0) is 15.2. The molecule has 0 radical (unpaired) electrons. The van der Waals surface area contributed by atoms with Gasteiger partial charge in [0.15, 0.2) is 11.5 Å². The van der Waals surface area contributed by atoms with Crippen molar-refractivity contribution in [2.75, 3.05) is 12.5 Å². The number of nitrogens with two attached hydrogens (primary N) is 1. The average Bonchev–Trinajstić information content (AvgIpc) is 2.51. The number of anilines is 1. The first-order chi connectivity index (χ1) is 10.2. The van der Waals surface area contributed by atoms with Gasteiger partial charge in [0, 0.05) is 6.42 Å². The van der Waals surface area contributed by atoms with Gasteiger partial charge in [0.05, 0.1) is 12.7 Å². The summed E-state index contributed by atoms with van der Waals surface area (Å²) in [5.74, 6) is 8.51. The Morgan fingerprint density at radius 2 is 1.90 bits per heavy atom. The maximum Gasteiger partial charge on any atom is 0.227 e. The number of benzene rings is 1. The Morgan fingerprint density at radius 1 is 1.19 bits per heavy atom. The highest BCUT2D eigenvalue weighted by Crippen LogP contribution is 2.33. The fourth-order valence-corrected chi connectivity index (χ4v) is 1.92. The van der Waals surface area contributed by atoms with Crippen molar-refractivity contribution < 1.29 is 9.47 Å². The van der Waals surface area contributed by atoms with Gasteiger partial charge in [0.2, 0.25) is 5.88 Å². The number of nitrogens with one attached hydrogen (secondary N) is 1. The molecule has 0 spiro atoms. The third-order valence-corrected chi connectivity index (χ3v) is 3.03. The zero-order valence-electron chi connectivity index (χ0n) is 12.5. The van der Waals surface area contributed by atoms with Crippen LogP contribution in [0.15, 0.2) is 24.3 Å². The molecule has 2 rings (SSSR count). The van der Waals surface area contributed by atoms with Crippen LogP contribution >= 0.6 is 0 Å². The molecule has 1 heterocycles. The van der Waals surface area contributed by atoms with Crippen LogP contribution in [0.4, 0.5) is 5.82 Å². The number of hydrogen-bond donors (Lipinski definition) is 2. The minimum absolute atomic E-state index is 0.478. The second kappa shape index (κ2) is 6.90. The van der Waals surface area contributed by atoms with Crippen LogP contribution in [0.1, 0.15) is 24.7 Å². The largest absolute Gasteiger partial charge is 0.493 e. The lowest BCUT2D eigenvalue weighted by Gasteiger charge is -2.14. The molecule has 0 aliphatic rings. The van der Waals surface area contributed by atoms with E-state index in [0.717, 1.165) is 18.4 Å². The summed E-state index contributed by atoms with van der Waals surface area (Å²) in [6.45, 7) is 3.93. The van der Waals surface area contributed by atoms with Crippen LogP contribution in [0.25, 0.3) is 0 Å².